The fraction of sp³-hybridized carbons (Fsp3) is 0.824. The van der Waals surface area contributed by atoms with Gasteiger partial charge in [-0.2, -0.15) is 0 Å². The summed E-state index contributed by atoms with van der Waals surface area (Å²) in [6, 6.07) is -1.75. The monoisotopic (exact) mass is 401 g/mol. The van der Waals surface area contributed by atoms with E-state index in [4.69, 9.17) is 19.3 Å². The first-order valence-corrected chi connectivity index (χ1v) is 8.21. The lowest BCUT2D eigenvalue weighted by molar-refractivity contribution is -0.138. The molecule has 1 amide bonds. The van der Waals surface area contributed by atoms with Gasteiger partial charge in [0.2, 0.25) is 0 Å². The van der Waals surface area contributed by atoms with Crippen molar-refractivity contribution in [3.63, 3.8) is 0 Å². The van der Waals surface area contributed by atoms with Crippen LogP contribution in [0.5, 0.6) is 0 Å². The highest BCUT2D eigenvalue weighted by Crippen LogP contribution is 2.22. The van der Waals surface area contributed by atoms with E-state index in [-0.39, 0.29) is 0 Å². The molecule has 0 spiro atoms. The van der Waals surface area contributed by atoms with Crippen molar-refractivity contribution in [3.8, 4) is 0 Å². The summed E-state index contributed by atoms with van der Waals surface area (Å²) in [5.74, 6) is -2.78. The summed E-state index contributed by atoms with van der Waals surface area (Å²) < 4.78 is 53.9. The van der Waals surface area contributed by atoms with Crippen LogP contribution in [0.1, 0.15) is 64.7 Å². The molecule has 9 heteroatoms. The molecule has 2 heterocycles. The molecule has 0 aliphatic carbocycles. The summed E-state index contributed by atoms with van der Waals surface area (Å²) in [7, 11) is 0. The molecule has 2 rings (SSSR count). The zero-order valence-corrected chi connectivity index (χ0v) is 15.9. The Hall–Kier alpha value is -1.54. The van der Waals surface area contributed by atoms with Gasteiger partial charge in [0.25, 0.3) is 1.43 Å². The lowest BCUT2D eigenvalue weighted by Gasteiger charge is -2.27. The molecule has 2 fully saturated rings. The van der Waals surface area contributed by atoms with E-state index >= 15 is 0 Å². The summed E-state index contributed by atoms with van der Waals surface area (Å²) in [4.78, 5) is 34.8. The fourth-order valence-corrected chi connectivity index (χ4v) is 2.48. The topological polar surface area (TPSA) is 116 Å². The number of carbonyl (C=O) groups excluding carboxylic acids is 1. The lowest BCUT2D eigenvalue weighted by Crippen LogP contribution is -2.40. The van der Waals surface area contributed by atoms with Crippen LogP contribution < -0.4 is 5.31 Å². The van der Waals surface area contributed by atoms with Crippen LogP contribution >= 0.6 is 12.3 Å². The fourth-order valence-electron chi connectivity index (χ4n) is 2.48. The Balaban J connectivity index is 0.000000602. The van der Waals surface area contributed by atoms with E-state index in [0.29, 0.717) is 38.8 Å². The van der Waals surface area contributed by atoms with Crippen LogP contribution in [0.3, 0.4) is 0 Å². The predicted molar refractivity (Wildman–Crippen MR) is 98.7 cm³/mol. The average Bonchev–Trinajstić information content (AvgIpc) is 3.37. The summed E-state index contributed by atoms with van der Waals surface area (Å²) in [6.45, 7) is 5.91. The highest BCUT2D eigenvalue weighted by Gasteiger charge is 2.33. The number of rotatable bonds is 4. The minimum Gasteiger partial charge on any atom is -0.481 e. The molecule has 26 heavy (non-hydrogen) atoms. The quantitative estimate of drug-likeness (QED) is 0.662. The Labute approximate surface area is 170 Å². The van der Waals surface area contributed by atoms with Crippen molar-refractivity contribution in [1.29, 1.82) is 2.60 Å². The maximum atomic E-state index is 11.9. The molecule has 0 aromatic rings. The van der Waals surface area contributed by atoms with Crippen molar-refractivity contribution in [3.05, 3.63) is 0 Å². The molecule has 2 saturated heterocycles. The van der Waals surface area contributed by atoms with Crippen molar-refractivity contribution in [2.24, 2.45) is 0 Å². The third-order valence-electron chi connectivity index (χ3n) is 3.44. The predicted octanol–water partition coefficient (Wildman–Crippen LogP) is 2.50. The number of aliphatic carboxylic acids is 2. The zero-order valence-electron chi connectivity index (χ0n) is 22.2. The molecule has 0 bridgehead atoms. The van der Waals surface area contributed by atoms with Gasteiger partial charge in [0.15, 0.2) is 0 Å². The Kier molecular flexibility index (Phi) is 6.27. The second kappa shape index (κ2) is 11.2. The largest absolute Gasteiger partial charge is 0.481 e. The minimum atomic E-state index is -2.45. The summed E-state index contributed by atoms with van der Waals surface area (Å²) in [6.07, 6.45) is -3.30. The van der Waals surface area contributed by atoms with Gasteiger partial charge in [-0.05, 0) is 53.0 Å². The van der Waals surface area contributed by atoms with Crippen molar-refractivity contribution in [2.45, 2.75) is 76.9 Å². The molecule has 3 N–H and O–H groups in total. The van der Waals surface area contributed by atoms with Crippen molar-refractivity contribution >= 4 is 30.4 Å². The highest BCUT2D eigenvalue weighted by molar-refractivity contribution is 5.85. The molecule has 8 nitrogen and oxygen atoms in total. The maximum Gasteiger partial charge on any atom is 0.410 e. The molecule has 2 atom stereocenters. The van der Waals surface area contributed by atoms with Crippen LogP contribution in [-0.4, -0.2) is 65.1 Å². The Morgan fingerprint density at radius 1 is 1.31 bits per heavy atom. The van der Waals surface area contributed by atoms with Gasteiger partial charge in [0.05, 0.1) is 12.7 Å². The average molecular weight is 402 g/mol. The number of hydrogen-bond acceptors (Lipinski definition) is 6. The van der Waals surface area contributed by atoms with Crippen LogP contribution in [0.15, 0.2) is 0 Å². The van der Waals surface area contributed by atoms with Gasteiger partial charge in [-0.3, -0.25) is 9.59 Å². The molecular formula is C17H31ClN2O6. The van der Waals surface area contributed by atoms with Gasteiger partial charge in [-0.1, -0.05) is 0 Å². The normalized spacial score (nSPS) is 27.4. The molecule has 0 saturated carbocycles. The second-order valence-corrected chi connectivity index (χ2v) is 6.78. The van der Waals surface area contributed by atoms with Gasteiger partial charge < -0.3 is 25.2 Å². The van der Waals surface area contributed by atoms with E-state index in [1.54, 1.807) is 20.8 Å². The molecule has 0 aromatic carbocycles. The summed E-state index contributed by atoms with van der Waals surface area (Å²) in [5.41, 5.74) is -0.680. The van der Waals surface area contributed by atoms with E-state index in [2.05, 4.69) is 17.4 Å². The number of amides is 1. The van der Waals surface area contributed by atoms with Crippen LogP contribution in [0, 0.1) is 0 Å². The number of carboxylic acid groups (broad SMARTS) is 2. The Morgan fingerprint density at radius 2 is 2.00 bits per heavy atom. The molecule has 2 aliphatic heterocycles. The molecule has 152 valence electrons. The second-order valence-electron chi connectivity index (χ2n) is 6.78. The number of nitrogens with zero attached hydrogens (tertiary/aromatic N) is 1. The Bertz CT molecular complexity index is 681. The van der Waals surface area contributed by atoms with Crippen LogP contribution in [0.2, 0.25) is 1.41 Å². The van der Waals surface area contributed by atoms with Gasteiger partial charge in [0.1, 0.15) is 8.19 Å². The smallest absolute Gasteiger partial charge is 0.410 e. The summed E-state index contributed by atoms with van der Waals surface area (Å²) >= 11 is 3.89. The van der Waals surface area contributed by atoms with E-state index < -0.39 is 48.5 Å². The molecule has 2 aliphatic rings. The zero-order chi connectivity index (χ0) is 26.2. The maximum absolute atomic E-state index is 11.9. The lowest BCUT2D eigenvalue weighted by atomic mass is 10.1. The Morgan fingerprint density at radius 3 is 2.50 bits per heavy atom. The number of nitrogens with one attached hydrogen (secondary N) is 1. The molecule has 0 radical (unpaired) electrons. The molecule has 0 aromatic heterocycles. The first kappa shape index (κ1) is 14.5. The first-order chi connectivity index (χ1) is 15.1. The van der Waals surface area contributed by atoms with E-state index in [0.717, 1.165) is 5.31 Å². The first-order valence-electron chi connectivity index (χ1n) is 11.4. The standard InChI is InChI=1S/C11H19NO4.C6H11NO2.ClH/c1-11(2,3)16-10(15)12-6-4-5-8(12)7-9(13)14;8-6(9)4-5-2-1-3-7-5;/h8H,4-7H2,1-3H3,(H,13,14);5,7H,1-4H2,(H,8,9);1H/t8-;5-;/m11./s1/i7D2;4D2;/hD3. The number of halogens is 1. The van der Waals surface area contributed by atoms with Crippen molar-refractivity contribution in [1.82, 2.24) is 10.2 Å². The third-order valence-corrected chi connectivity index (χ3v) is 3.44. The third kappa shape index (κ3) is 9.82. The molecule has 0 unspecified atom stereocenters. The summed E-state index contributed by atoms with van der Waals surface area (Å²) in [5, 5.41) is 13.5. The number of likely N-dealkylation sites (tertiary alicyclic amines) is 1. The van der Waals surface area contributed by atoms with E-state index in [1.165, 1.54) is 4.90 Å². The number of hydrogen-bond donors (Lipinski definition) is 3. The minimum absolute atomic E-state index is 0.326. The van der Waals surface area contributed by atoms with E-state index in [1.807, 2.05) is 0 Å². The number of carbonyl (C=O) groups is 3. The van der Waals surface area contributed by atoms with Crippen LogP contribution in [-0.2, 0) is 14.3 Å². The SMILES string of the molecule is [2H]C([2H])(C(=O)O)[C@H]1CCCN1C(=O)OC(C)(C)C.[2H]Cl.[2H]OC(=O)C([2H])([2H])[C@H]1CCCN1[2H]. The van der Waals surface area contributed by atoms with Crippen molar-refractivity contribution < 1.29 is 36.2 Å². The van der Waals surface area contributed by atoms with Crippen molar-refractivity contribution in [2.75, 3.05) is 13.1 Å². The van der Waals surface area contributed by atoms with Crippen LogP contribution in [0.25, 0.3) is 1.43 Å². The van der Waals surface area contributed by atoms with Gasteiger partial charge in [0, 0.05) is 24.1 Å². The van der Waals surface area contributed by atoms with Gasteiger partial charge in [-0.15, -0.1) is 12.3 Å². The number of ether oxygens (including phenoxy) is 1. The van der Waals surface area contributed by atoms with Crippen LogP contribution in [0.4, 0.5) is 4.79 Å². The van der Waals surface area contributed by atoms with Gasteiger partial charge >= 0.3 is 18.0 Å². The highest BCUT2D eigenvalue weighted by atomic mass is 35.5. The molecular weight excluding hydrogens is 364 g/mol. The number of carboxylic acids is 2. The van der Waals surface area contributed by atoms with Gasteiger partial charge in [-0.25, -0.2) is 4.79 Å². The van der Waals surface area contributed by atoms with E-state index in [9.17, 15) is 14.4 Å².